The normalized spacial score (nSPS) is 11.1. The fraction of sp³-hybridized carbons (Fsp3) is 0.138. The van der Waals surface area contributed by atoms with Crippen LogP contribution >= 0.6 is 0 Å². The largest absolute Gasteiger partial charge is 0.494 e. The van der Waals surface area contributed by atoms with Gasteiger partial charge in [-0.25, -0.2) is 0 Å². The number of carbonyl (C=O) groups is 1. The zero-order valence-electron chi connectivity index (χ0n) is 17.5. The summed E-state index contributed by atoms with van der Waals surface area (Å²) in [6.45, 7) is 0.710. The number of fused-ring (bicyclic) bond motifs is 1. The lowest BCUT2D eigenvalue weighted by Gasteiger charge is -2.08. The van der Waals surface area contributed by atoms with Gasteiger partial charge in [0.25, 0.3) is 0 Å². The van der Waals surface area contributed by atoms with Gasteiger partial charge in [0.05, 0.1) is 6.61 Å². The van der Waals surface area contributed by atoms with Crippen molar-refractivity contribution in [1.29, 1.82) is 0 Å². The number of para-hydroxylation sites is 1. The van der Waals surface area contributed by atoms with Crippen molar-refractivity contribution in [3.63, 3.8) is 0 Å². The molecular formula is C29H26O2. The van der Waals surface area contributed by atoms with Crippen molar-refractivity contribution >= 4 is 22.6 Å². The molecule has 154 valence electrons. The molecule has 0 heterocycles. The number of hydrogen-bond donors (Lipinski definition) is 0. The Labute approximate surface area is 183 Å². The first-order chi connectivity index (χ1) is 15.3. The van der Waals surface area contributed by atoms with Crippen LogP contribution in [0.5, 0.6) is 5.75 Å². The molecule has 0 amide bonds. The maximum absolute atomic E-state index is 12.9. The molecule has 0 fully saturated rings. The van der Waals surface area contributed by atoms with Crippen LogP contribution in [-0.4, -0.2) is 12.4 Å². The first-order valence-corrected chi connectivity index (χ1v) is 10.8. The van der Waals surface area contributed by atoms with E-state index < -0.39 is 0 Å². The number of carbonyl (C=O) groups excluding carboxylic acids is 1. The Morgan fingerprint density at radius 1 is 0.742 bits per heavy atom. The summed E-state index contributed by atoms with van der Waals surface area (Å²) in [5.41, 5.74) is 3.09. The molecule has 0 saturated carbocycles. The van der Waals surface area contributed by atoms with Crippen molar-refractivity contribution in [3.05, 3.63) is 120 Å². The fourth-order valence-corrected chi connectivity index (χ4v) is 3.74. The summed E-state index contributed by atoms with van der Waals surface area (Å²) in [5, 5.41) is 2.08. The van der Waals surface area contributed by atoms with Crippen LogP contribution in [0.15, 0.2) is 103 Å². The van der Waals surface area contributed by atoms with Gasteiger partial charge in [0.2, 0.25) is 0 Å². The summed E-state index contributed by atoms with van der Waals surface area (Å²) in [6.07, 6.45) is 6.62. The minimum Gasteiger partial charge on any atom is -0.494 e. The lowest BCUT2D eigenvalue weighted by Crippen LogP contribution is -1.99. The van der Waals surface area contributed by atoms with E-state index in [1.165, 1.54) is 5.56 Å². The molecule has 0 N–H and O–H groups in total. The molecule has 0 aliphatic carbocycles. The van der Waals surface area contributed by atoms with Gasteiger partial charge >= 0.3 is 0 Å². The lowest BCUT2D eigenvalue weighted by atomic mass is 9.99. The molecule has 31 heavy (non-hydrogen) atoms. The molecule has 4 aromatic rings. The summed E-state index contributed by atoms with van der Waals surface area (Å²) in [5.74, 6) is 0.945. The molecule has 2 heteroatoms. The first kappa shape index (κ1) is 20.6. The smallest absolute Gasteiger partial charge is 0.186 e. The third-order valence-corrected chi connectivity index (χ3v) is 5.38. The number of unbranched alkanes of at least 4 members (excludes halogenated alkanes) is 1. The van der Waals surface area contributed by atoms with Crippen molar-refractivity contribution in [2.75, 3.05) is 6.61 Å². The van der Waals surface area contributed by atoms with Crippen LogP contribution in [0.25, 0.3) is 16.8 Å². The molecule has 0 unspecified atom stereocenters. The van der Waals surface area contributed by atoms with Crippen LogP contribution in [-0.2, 0) is 6.42 Å². The molecule has 0 bridgehead atoms. The van der Waals surface area contributed by atoms with E-state index in [-0.39, 0.29) is 5.78 Å². The Morgan fingerprint density at radius 2 is 1.48 bits per heavy atom. The summed E-state index contributed by atoms with van der Waals surface area (Å²) in [7, 11) is 0. The van der Waals surface area contributed by atoms with Crippen LogP contribution in [0.3, 0.4) is 0 Å². The van der Waals surface area contributed by atoms with Crippen LogP contribution in [0.1, 0.15) is 34.3 Å². The van der Waals surface area contributed by atoms with Gasteiger partial charge in [0.15, 0.2) is 5.78 Å². The third-order valence-electron chi connectivity index (χ3n) is 5.38. The molecule has 0 aliphatic heterocycles. The molecule has 4 rings (SSSR count). The predicted octanol–water partition coefficient (Wildman–Crippen LogP) is 7.14. The second-order valence-corrected chi connectivity index (χ2v) is 7.54. The Balaban J connectivity index is 1.37. The van der Waals surface area contributed by atoms with E-state index in [2.05, 4.69) is 18.2 Å². The lowest BCUT2D eigenvalue weighted by molar-refractivity contribution is 0.104. The van der Waals surface area contributed by atoms with Crippen molar-refractivity contribution in [2.45, 2.75) is 19.3 Å². The van der Waals surface area contributed by atoms with Gasteiger partial charge in [-0.1, -0.05) is 91.0 Å². The Kier molecular flexibility index (Phi) is 6.92. The summed E-state index contributed by atoms with van der Waals surface area (Å²) in [4.78, 5) is 12.9. The van der Waals surface area contributed by atoms with Crippen LogP contribution in [0.4, 0.5) is 0 Å². The number of hydrogen-bond acceptors (Lipinski definition) is 2. The zero-order chi connectivity index (χ0) is 21.3. The highest BCUT2D eigenvalue weighted by molar-refractivity contribution is 6.14. The van der Waals surface area contributed by atoms with Gasteiger partial charge in [-0.05, 0) is 59.4 Å². The van der Waals surface area contributed by atoms with E-state index in [0.29, 0.717) is 6.61 Å². The fourth-order valence-electron chi connectivity index (χ4n) is 3.74. The Morgan fingerprint density at radius 3 is 2.39 bits per heavy atom. The Bertz CT molecular complexity index is 1170. The average molecular weight is 407 g/mol. The van der Waals surface area contributed by atoms with E-state index in [1.807, 2.05) is 84.9 Å². The highest BCUT2D eigenvalue weighted by Crippen LogP contribution is 2.20. The van der Waals surface area contributed by atoms with Crippen LogP contribution < -0.4 is 4.74 Å². The second kappa shape index (κ2) is 10.4. The van der Waals surface area contributed by atoms with Crippen LogP contribution in [0.2, 0.25) is 0 Å². The van der Waals surface area contributed by atoms with Gasteiger partial charge < -0.3 is 4.74 Å². The van der Waals surface area contributed by atoms with Gasteiger partial charge in [-0.3, -0.25) is 4.79 Å². The molecule has 0 aromatic heterocycles. The van der Waals surface area contributed by atoms with E-state index in [9.17, 15) is 4.79 Å². The first-order valence-electron chi connectivity index (χ1n) is 10.8. The molecule has 2 nitrogen and oxygen atoms in total. The third kappa shape index (κ3) is 5.49. The number of rotatable bonds is 9. The number of ether oxygens (including phenoxy) is 1. The van der Waals surface area contributed by atoms with E-state index >= 15 is 0 Å². The molecular weight excluding hydrogens is 380 g/mol. The topological polar surface area (TPSA) is 26.3 Å². The SMILES string of the molecule is O=C(/C=C/c1ccccc1CCCCOc1ccccc1)c1cccc2ccccc12. The monoisotopic (exact) mass is 406 g/mol. The quantitative estimate of drug-likeness (QED) is 0.168. The highest BCUT2D eigenvalue weighted by Gasteiger charge is 2.07. The summed E-state index contributed by atoms with van der Waals surface area (Å²) >= 11 is 0. The van der Waals surface area contributed by atoms with Gasteiger partial charge in [0.1, 0.15) is 5.75 Å². The molecule has 0 saturated heterocycles. The van der Waals surface area contributed by atoms with E-state index in [4.69, 9.17) is 4.74 Å². The van der Waals surface area contributed by atoms with E-state index in [0.717, 1.165) is 46.9 Å². The van der Waals surface area contributed by atoms with Gasteiger partial charge in [-0.15, -0.1) is 0 Å². The minimum absolute atomic E-state index is 0.0304. The summed E-state index contributed by atoms with van der Waals surface area (Å²) < 4.78 is 5.78. The van der Waals surface area contributed by atoms with Crippen molar-refractivity contribution in [3.8, 4) is 5.75 Å². The zero-order valence-corrected chi connectivity index (χ0v) is 17.5. The molecule has 4 aromatic carbocycles. The number of ketones is 1. The molecule has 0 atom stereocenters. The summed E-state index contributed by atoms with van der Waals surface area (Å²) in [6, 6.07) is 32.1. The number of aryl methyl sites for hydroxylation is 1. The molecule has 0 aliphatic rings. The van der Waals surface area contributed by atoms with Crippen molar-refractivity contribution in [1.82, 2.24) is 0 Å². The Hall–Kier alpha value is -3.65. The molecule has 0 spiro atoms. The highest BCUT2D eigenvalue weighted by atomic mass is 16.5. The predicted molar refractivity (Wildman–Crippen MR) is 129 cm³/mol. The second-order valence-electron chi connectivity index (χ2n) is 7.54. The number of benzene rings is 4. The van der Waals surface area contributed by atoms with Crippen molar-refractivity contribution < 1.29 is 9.53 Å². The average Bonchev–Trinajstić information content (AvgIpc) is 2.83. The van der Waals surface area contributed by atoms with Gasteiger partial charge in [0, 0.05) is 5.56 Å². The van der Waals surface area contributed by atoms with Crippen molar-refractivity contribution in [2.24, 2.45) is 0 Å². The van der Waals surface area contributed by atoms with Gasteiger partial charge in [-0.2, -0.15) is 0 Å². The minimum atomic E-state index is 0.0304. The maximum atomic E-state index is 12.9. The standard InChI is InChI=1S/C29H26O2/c30-29(28-19-10-15-25-14-6-7-18-27(25)28)21-20-24-12-5-4-11-23(24)13-8-9-22-31-26-16-2-1-3-17-26/h1-7,10-12,14-21H,8-9,13,22H2/b21-20+. The maximum Gasteiger partial charge on any atom is 0.186 e. The van der Waals surface area contributed by atoms with Crippen LogP contribution in [0, 0.1) is 0 Å². The van der Waals surface area contributed by atoms with E-state index in [1.54, 1.807) is 6.08 Å². The number of allylic oxidation sites excluding steroid dienone is 1. The molecule has 0 radical (unpaired) electrons.